The number of rotatable bonds is 9. The monoisotopic (exact) mass is 465 g/mol. The molecule has 2 aromatic rings. The number of nitrogens with zero attached hydrogens (tertiary/aromatic N) is 1. The molecule has 1 aliphatic rings. The third-order valence-electron chi connectivity index (χ3n) is 4.68. The fourth-order valence-corrected chi connectivity index (χ4v) is 4.20. The fourth-order valence-electron chi connectivity index (χ4n) is 3.11. The number of amides is 1. The zero-order valence-corrected chi connectivity index (χ0v) is 18.9. The number of hydrogen-bond acceptors (Lipinski definition) is 7. The second-order valence-electron chi connectivity index (χ2n) is 7.15. The molecule has 0 fully saturated rings. The van der Waals surface area contributed by atoms with Crippen molar-refractivity contribution in [2.75, 3.05) is 31.7 Å². The summed E-state index contributed by atoms with van der Waals surface area (Å²) in [5.41, 5.74) is 0.790. The van der Waals surface area contributed by atoms with E-state index in [-0.39, 0.29) is 30.4 Å². The van der Waals surface area contributed by atoms with Gasteiger partial charge in [0.1, 0.15) is 5.69 Å². The van der Waals surface area contributed by atoms with E-state index in [1.54, 1.807) is 30.8 Å². The van der Waals surface area contributed by atoms with Crippen molar-refractivity contribution in [2.24, 2.45) is 7.05 Å². The van der Waals surface area contributed by atoms with Crippen LogP contribution in [-0.2, 0) is 26.6 Å². The highest BCUT2D eigenvalue weighted by Crippen LogP contribution is 2.31. The largest absolute Gasteiger partial charge is 0.490 e. The second-order valence-corrected chi connectivity index (χ2v) is 8.92. The predicted molar refractivity (Wildman–Crippen MR) is 116 cm³/mol. The van der Waals surface area contributed by atoms with Crippen molar-refractivity contribution < 1.29 is 32.2 Å². The van der Waals surface area contributed by atoms with Crippen LogP contribution < -0.4 is 19.5 Å². The van der Waals surface area contributed by atoms with E-state index in [1.807, 2.05) is 0 Å². The van der Waals surface area contributed by atoms with Crippen molar-refractivity contribution in [1.82, 2.24) is 9.29 Å². The minimum absolute atomic E-state index is 0.0713. The summed E-state index contributed by atoms with van der Waals surface area (Å²) in [6.07, 6.45) is 2.74. The maximum atomic E-state index is 12.5. The Labute approximate surface area is 186 Å². The molecule has 0 radical (unpaired) electrons. The molecule has 1 aromatic heterocycles. The van der Waals surface area contributed by atoms with E-state index in [4.69, 9.17) is 14.2 Å². The van der Waals surface area contributed by atoms with Gasteiger partial charge in [0.15, 0.2) is 11.5 Å². The highest BCUT2D eigenvalue weighted by molar-refractivity contribution is 7.89. The Balaban J connectivity index is 1.48. The number of fused-ring (bicyclic) bond motifs is 1. The van der Waals surface area contributed by atoms with E-state index in [0.29, 0.717) is 42.5 Å². The lowest BCUT2D eigenvalue weighted by Crippen LogP contribution is -2.25. The zero-order chi connectivity index (χ0) is 23.1. The van der Waals surface area contributed by atoms with E-state index < -0.39 is 16.0 Å². The molecule has 1 amide bonds. The lowest BCUT2D eigenvalue weighted by molar-refractivity contribution is -0.116. The Kier molecular flexibility index (Phi) is 7.75. The second kappa shape index (κ2) is 10.5. The molecule has 2 heterocycles. The summed E-state index contributed by atoms with van der Waals surface area (Å²) in [6.45, 7) is 3.04. The maximum Gasteiger partial charge on any atom is 0.355 e. The molecule has 0 aliphatic carbocycles. The Morgan fingerprint density at radius 3 is 2.66 bits per heavy atom. The van der Waals surface area contributed by atoms with E-state index in [0.717, 1.165) is 6.42 Å². The number of benzene rings is 1. The SMILES string of the molecule is CCOC(=O)c1cc(NC(=O)CCCNS(=O)(=O)c2ccc3c(c2)OCCCO3)cn1C. The first-order chi connectivity index (χ1) is 15.3. The third-order valence-corrected chi connectivity index (χ3v) is 6.13. The van der Waals surface area contributed by atoms with Crippen molar-refractivity contribution in [2.45, 2.75) is 31.1 Å². The number of sulfonamides is 1. The smallest absolute Gasteiger partial charge is 0.355 e. The molecule has 1 aliphatic heterocycles. The summed E-state index contributed by atoms with van der Waals surface area (Å²) in [5, 5.41) is 2.69. The highest BCUT2D eigenvalue weighted by Gasteiger charge is 2.19. The van der Waals surface area contributed by atoms with E-state index in [2.05, 4.69) is 10.0 Å². The van der Waals surface area contributed by atoms with E-state index in [9.17, 15) is 18.0 Å². The Morgan fingerprint density at radius 1 is 1.16 bits per heavy atom. The van der Waals surface area contributed by atoms with Gasteiger partial charge in [-0.25, -0.2) is 17.9 Å². The van der Waals surface area contributed by atoms with Crippen LogP contribution in [0.2, 0.25) is 0 Å². The average molecular weight is 466 g/mol. The van der Waals surface area contributed by atoms with Crippen LogP contribution in [0.3, 0.4) is 0 Å². The quantitative estimate of drug-likeness (QED) is 0.429. The van der Waals surface area contributed by atoms with Gasteiger partial charge in [-0.3, -0.25) is 4.79 Å². The van der Waals surface area contributed by atoms with Crippen molar-refractivity contribution in [3.05, 3.63) is 36.2 Å². The molecule has 3 rings (SSSR count). The molecule has 0 saturated carbocycles. The number of aryl methyl sites for hydroxylation is 1. The summed E-state index contributed by atoms with van der Waals surface area (Å²) in [4.78, 5) is 24.1. The van der Waals surface area contributed by atoms with Crippen molar-refractivity contribution in [3.63, 3.8) is 0 Å². The van der Waals surface area contributed by atoms with Gasteiger partial charge in [-0.1, -0.05) is 0 Å². The summed E-state index contributed by atoms with van der Waals surface area (Å²) in [7, 11) is -2.07. The van der Waals surface area contributed by atoms with Gasteiger partial charge in [0.05, 0.1) is 30.4 Å². The Bertz CT molecular complexity index is 1080. The number of esters is 1. The summed E-state index contributed by atoms with van der Waals surface area (Å²) in [6, 6.07) is 6.00. The van der Waals surface area contributed by atoms with Crippen LogP contribution >= 0.6 is 0 Å². The number of aromatic nitrogens is 1. The molecular formula is C21H27N3O7S. The Morgan fingerprint density at radius 2 is 1.91 bits per heavy atom. The molecule has 174 valence electrons. The molecule has 0 saturated heterocycles. The maximum absolute atomic E-state index is 12.5. The number of anilines is 1. The highest BCUT2D eigenvalue weighted by atomic mass is 32.2. The first-order valence-corrected chi connectivity index (χ1v) is 11.8. The molecule has 0 bridgehead atoms. The minimum atomic E-state index is -3.75. The first-order valence-electron chi connectivity index (χ1n) is 10.3. The van der Waals surface area contributed by atoms with Crippen LogP contribution in [-0.4, -0.2) is 51.2 Å². The van der Waals surface area contributed by atoms with Gasteiger partial charge in [0, 0.05) is 38.7 Å². The van der Waals surface area contributed by atoms with Gasteiger partial charge >= 0.3 is 5.97 Å². The molecular weight excluding hydrogens is 438 g/mol. The number of carbonyl (C=O) groups excluding carboxylic acids is 2. The normalized spacial score (nSPS) is 13.3. The predicted octanol–water partition coefficient (Wildman–Crippen LogP) is 2.06. The van der Waals surface area contributed by atoms with Crippen molar-refractivity contribution in [1.29, 1.82) is 0 Å². The van der Waals surface area contributed by atoms with Crippen molar-refractivity contribution in [3.8, 4) is 11.5 Å². The van der Waals surface area contributed by atoms with Gasteiger partial charge in [0.25, 0.3) is 0 Å². The Hall–Kier alpha value is -3.05. The summed E-state index contributed by atoms with van der Waals surface area (Å²) < 4.78 is 45.1. The molecule has 32 heavy (non-hydrogen) atoms. The van der Waals surface area contributed by atoms with Crippen LogP contribution in [0.1, 0.15) is 36.7 Å². The van der Waals surface area contributed by atoms with Gasteiger partial charge in [0.2, 0.25) is 15.9 Å². The third kappa shape index (κ3) is 6.01. The number of hydrogen-bond donors (Lipinski definition) is 2. The van der Waals surface area contributed by atoms with Crippen molar-refractivity contribution >= 4 is 27.6 Å². The molecule has 0 atom stereocenters. The van der Waals surface area contributed by atoms with Gasteiger partial charge in [-0.2, -0.15) is 0 Å². The van der Waals surface area contributed by atoms with Crippen LogP contribution in [0.15, 0.2) is 35.4 Å². The topological polar surface area (TPSA) is 125 Å². The number of carbonyl (C=O) groups is 2. The van der Waals surface area contributed by atoms with Crippen LogP contribution in [0.25, 0.3) is 0 Å². The summed E-state index contributed by atoms with van der Waals surface area (Å²) in [5.74, 6) is 0.153. The summed E-state index contributed by atoms with van der Waals surface area (Å²) >= 11 is 0. The number of ether oxygens (including phenoxy) is 3. The standard InChI is InChI=1S/C21H27N3O7S/c1-3-29-21(26)17-12-15(14-24(17)2)23-20(25)6-4-9-22-32(27,28)16-7-8-18-19(13-16)31-11-5-10-30-18/h7-8,12-14,22H,3-6,9-11H2,1-2H3,(H,23,25). The molecule has 10 nitrogen and oxygen atoms in total. The van der Waals surface area contributed by atoms with Crippen LogP contribution in [0.5, 0.6) is 11.5 Å². The zero-order valence-electron chi connectivity index (χ0n) is 18.0. The minimum Gasteiger partial charge on any atom is -0.490 e. The van der Waals surface area contributed by atoms with Gasteiger partial charge < -0.3 is 24.1 Å². The van der Waals surface area contributed by atoms with Crippen LogP contribution in [0.4, 0.5) is 5.69 Å². The average Bonchev–Trinajstić information content (AvgIpc) is 2.96. The lowest BCUT2D eigenvalue weighted by Gasteiger charge is -2.11. The van der Waals surface area contributed by atoms with Gasteiger partial charge in [-0.15, -0.1) is 0 Å². The van der Waals surface area contributed by atoms with E-state index in [1.165, 1.54) is 18.2 Å². The van der Waals surface area contributed by atoms with E-state index >= 15 is 0 Å². The molecule has 0 unspecified atom stereocenters. The van der Waals surface area contributed by atoms with Gasteiger partial charge in [-0.05, 0) is 31.5 Å². The molecule has 2 N–H and O–H groups in total. The number of nitrogens with one attached hydrogen (secondary N) is 2. The lowest BCUT2D eigenvalue weighted by atomic mass is 10.3. The fraction of sp³-hybridized carbons (Fsp3) is 0.429. The van der Waals surface area contributed by atoms with Crippen LogP contribution in [0, 0.1) is 0 Å². The first kappa shape index (κ1) is 23.6. The molecule has 0 spiro atoms. The molecule has 11 heteroatoms. The molecule has 1 aromatic carbocycles.